The number of aryl methyl sites for hydroxylation is 1. The van der Waals surface area contributed by atoms with Crippen molar-refractivity contribution in [2.45, 2.75) is 75.9 Å². The number of ether oxygens (including phenoxy) is 3. The Morgan fingerprint density at radius 1 is 1.00 bits per heavy atom. The zero-order valence-electron chi connectivity index (χ0n) is 30.9. The van der Waals surface area contributed by atoms with E-state index in [1.807, 2.05) is 44.4 Å². The van der Waals surface area contributed by atoms with Crippen molar-refractivity contribution in [2.75, 3.05) is 71.0 Å². The summed E-state index contributed by atoms with van der Waals surface area (Å²) in [6, 6.07) is 11.8. The molecule has 2 aromatic carbocycles. The Hall–Kier alpha value is -2.67. The fourth-order valence-electron chi connectivity index (χ4n) is 8.83. The molecule has 0 unspecified atom stereocenters. The fraction of sp³-hybridized carbons (Fsp3) is 0.625. The van der Waals surface area contributed by atoms with Crippen molar-refractivity contribution in [3.8, 4) is 5.75 Å². The molecule has 2 bridgehead atoms. The maximum atomic E-state index is 13.6. The molecule has 4 heterocycles. The van der Waals surface area contributed by atoms with Crippen molar-refractivity contribution in [1.29, 1.82) is 0 Å². The van der Waals surface area contributed by atoms with Crippen LogP contribution in [0.15, 0.2) is 48.6 Å². The van der Waals surface area contributed by atoms with Gasteiger partial charge in [-0.05, 0) is 105 Å². The summed E-state index contributed by atoms with van der Waals surface area (Å²) < 4.78 is 48.3. The third-order valence-corrected chi connectivity index (χ3v) is 14.7. The number of hydrogen-bond acceptors (Lipinski definition) is 9. The predicted molar refractivity (Wildman–Crippen MR) is 205 cm³/mol. The number of methoxy groups -OCH3 is 1. The first-order valence-corrected chi connectivity index (χ1v) is 21.1. The van der Waals surface area contributed by atoms with Crippen LogP contribution in [-0.4, -0.2) is 107 Å². The van der Waals surface area contributed by atoms with Gasteiger partial charge in [0.15, 0.2) is 0 Å². The first-order valence-electron chi connectivity index (χ1n) is 19.2. The molecule has 1 amide bonds. The van der Waals surface area contributed by atoms with E-state index in [2.05, 4.69) is 31.6 Å². The third-order valence-electron chi connectivity index (χ3n) is 12.5. The molecule has 12 heteroatoms. The molecule has 1 aliphatic carbocycles. The summed E-state index contributed by atoms with van der Waals surface area (Å²) in [6.07, 6.45) is 9.90. The van der Waals surface area contributed by atoms with Crippen molar-refractivity contribution >= 4 is 33.2 Å². The first kappa shape index (κ1) is 37.6. The van der Waals surface area contributed by atoms with Crippen molar-refractivity contribution in [2.24, 2.45) is 17.8 Å². The number of rotatable bonds is 4. The van der Waals surface area contributed by atoms with Crippen LogP contribution in [0.1, 0.15) is 67.4 Å². The van der Waals surface area contributed by atoms with Gasteiger partial charge in [0.2, 0.25) is 10.0 Å². The number of carbonyl (C=O) groups excluding carboxylic acids is 1. The van der Waals surface area contributed by atoms with Gasteiger partial charge in [0.1, 0.15) is 18.0 Å². The van der Waals surface area contributed by atoms with E-state index < -0.39 is 26.8 Å². The summed E-state index contributed by atoms with van der Waals surface area (Å²) in [7, 11) is -2.11. The van der Waals surface area contributed by atoms with E-state index in [4.69, 9.17) is 25.8 Å². The van der Waals surface area contributed by atoms with Crippen molar-refractivity contribution in [3.05, 3.63) is 70.3 Å². The summed E-state index contributed by atoms with van der Waals surface area (Å²) in [5, 5.41) is -0.0590. The number of halogens is 1. The number of morpholine rings is 1. The number of fused-ring (bicyclic) bond motifs is 3. The predicted octanol–water partition coefficient (Wildman–Crippen LogP) is 5.53. The smallest absolute Gasteiger partial charge is 0.264 e. The Kier molecular flexibility index (Phi) is 11.6. The number of carbonyl (C=O) groups is 1. The lowest BCUT2D eigenvalue weighted by Gasteiger charge is -2.54. The number of anilines is 1. The van der Waals surface area contributed by atoms with E-state index >= 15 is 0 Å². The lowest BCUT2D eigenvalue weighted by Crippen LogP contribution is -2.65. The lowest BCUT2D eigenvalue weighted by molar-refractivity contribution is -0.113. The van der Waals surface area contributed by atoms with Gasteiger partial charge in [0, 0.05) is 69.6 Å². The molecule has 5 aliphatic rings. The minimum Gasteiger partial charge on any atom is -0.487 e. The molecule has 7 rings (SSSR count). The van der Waals surface area contributed by atoms with Crippen LogP contribution in [-0.2, 0) is 32.5 Å². The molecule has 52 heavy (non-hydrogen) atoms. The number of nitrogens with zero attached hydrogens (tertiary/aromatic N) is 3. The van der Waals surface area contributed by atoms with E-state index in [1.165, 1.54) is 5.56 Å². The SMILES string of the molecule is CO[C@]1(CN2CC(N3CCOCC3)C2)/C=C/C[C@H](C)[C@@H](C)S(=O)(=O)NC(=O)c2ccc3c(c2)N(CCCCc2cc(Cl)ccc2CO3)C[C@@H]2CC[C@H]21. The molecular weight excluding hydrogens is 700 g/mol. The number of allylic oxidation sites excluding steroid dienone is 1. The van der Waals surface area contributed by atoms with E-state index in [0.717, 1.165) is 107 Å². The number of likely N-dealkylation sites (tertiary alicyclic amines) is 1. The van der Waals surface area contributed by atoms with E-state index in [0.29, 0.717) is 36.3 Å². The molecule has 0 aromatic heterocycles. The van der Waals surface area contributed by atoms with Crippen LogP contribution < -0.4 is 14.4 Å². The number of sulfonamides is 1. The van der Waals surface area contributed by atoms with Gasteiger partial charge in [-0.2, -0.15) is 0 Å². The van der Waals surface area contributed by atoms with E-state index in [-0.39, 0.29) is 11.8 Å². The lowest BCUT2D eigenvalue weighted by atomic mass is 9.63. The van der Waals surface area contributed by atoms with Gasteiger partial charge in [-0.25, -0.2) is 13.1 Å². The molecule has 0 radical (unpaired) electrons. The maximum absolute atomic E-state index is 13.6. The van der Waals surface area contributed by atoms with Crippen LogP contribution in [0.3, 0.4) is 0 Å². The van der Waals surface area contributed by atoms with Gasteiger partial charge in [0.25, 0.3) is 5.91 Å². The number of benzene rings is 2. The van der Waals surface area contributed by atoms with E-state index in [1.54, 1.807) is 13.0 Å². The normalized spacial score (nSPS) is 31.4. The first-order chi connectivity index (χ1) is 25.0. The minimum absolute atomic E-state index is 0.218. The Labute approximate surface area is 314 Å². The largest absolute Gasteiger partial charge is 0.487 e. The van der Waals surface area contributed by atoms with E-state index in [9.17, 15) is 13.2 Å². The van der Waals surface area contributed by atoms with Gasteiger partial charge in [-0.3, -0.25) is 14.6 Å². The molecular formula is C40H55ClN4O6S. The van der Waals surface area contributed by atoms with Crippen LogP contribution in [0.4, 0.5) is 5.69 Å². The second kappa shape index (κ2) is 16.0. The van der Waals surface area contributed by atoms with Crippen LogP contribution in [0.5, 0.6) is 5.75 Å². The molecule has 1 N–H and O–H groups in total. The van der Waals surface area contributed by atoms with Gasteiger partial charge in [0.05, 0.1) is 24.2 Å². The Morgan fingerprint density at radius 2 is 1.81 bits per heavy atom. The average molecular weight is 755 g/mol. The Balaban J connectivity index is 1.22. The zero-order chi connectivity index (χ0) is 36.5. The summed E-state index contributed by atoms with van der Waals surface area (Å²) in [6.45, 7) is 11.9. The van der Waals surface area contributed by atoms with Crippen LogP contribution in [0.25, 0.3) is 0 Å². The monoisotopic (exact) mass is 754 g/mol. The highest BCUT2D eigenvalue weighted by atomic mass is 35.5. The Bertz CT molecular complexity index is 1730. The fourth-order valence-corrected chi connectivity index (χ4v) is 10.3. The van der Waals surface area contributed by atoms with Gasteiger partial charge in [-0.15, -0.1) is 0 Å². The quantitative estimate of drug-likeness (QED) is 0.404. The van der Waals surface area contributed by atoms with Crippen molar-refractivity contribution in [3.63, 3.8) is 0 Å². The van der Waals surface area contributed by atoms with Gasteiger partial charge >= 0.3 is 0 Å². The van der Waals surface area contributed by atoms with Crippen LogP contribution >= 0.6 is 11.6 Å². The number of amides is 1. The highest BCUT2D eigenvalue weighted by Gasteiger charge is 2.49. The summed E-state index contributed by atoms with van der Waals surface area (Å²) in [5.41, 5.74) is 2.88. The van der Waals surface area contributed by atoms with Gasteiger partial charge < -0.3 is 19.1 Å². The van der Waals surface area contributed by atoms with Gasteiger partial charge in [-0.1, -0.05) is 36.7 Å². The molecule has 2 saturated heterocycles. The van der Waals surface area contributed by atoms with Crippen molar-refractivity contribution in [1.82, 2.24) is 14.5 Å². The highest BCUT2D eigenvalue weighted by molar-refractivity contribution is 7.90. The molecule has 10 nitrogen and oxygen atoms in total. The molecule has 4 aliphatic heterocycles. The van der Waals surface area contributed by atoms with Crippen LogP contribution in [0, 0.1) is 17.8 Å². The molecule has 284 valence electrons. The number of nitrogens with one attached hydrogen (secondary N) is 1. The molecule has 5 atom stereocenters. The molecule has 0 spiro atoms. The summed E-state index contributed by atoms with van der Waals surface area (Å²) in [5.74, 6) is 0.473. The second-order valence-corrected chi connectivity index (χ2v) is 18.2. The molecule has 3 fully saturated rings. The minimum atomic E-state index is -3.95. The Morgan fingerprint density at radius 3 is 2.56 bits per heavy atom. The summed E-state index contributed by atoms with van der Waals surface area (Å²) in [4.78, 5) is 21.1. The molecule has 2 aromatic rings. The zero-order valence-corrected chi connectivity index (χ0v) is 32.5. The molecule has 1 saturated carbocycles. The second-order valence-electron chi connectivity index (χ2n) is 15.7. The maximum Gasteiger partial charge on any atom is 0.264 e. The third kappa shape index (κ3) is 8.05. The standard InChI is InChI=1S/C40H55ClN4O6S/c1-28-7-6-15-40(49-3,27-43-24-35(25-43)44-17-19-50-20-18-44)36-13-10-32(36)23-45-16-5-4-8-30-21-34(41)12-9-33(30)26-51-38-14-11-31(22-37(38)45)39(46)42-52(47,48)29(28)2/h6,9,11-12,14-15,21-22,28-29,32,35-36H,4-5,7-8,10,13,16-20,23-27H2,1-3H3,(H,42,46)/b15-6+/t28-,29+,32-,36+,40-/m0/s1. The topological polar surface area (TPSA) is 101 Å². The van der Waals surface area contributed by atoms with Crippen LogP contribution in [0.2, 0.25) is 5.02 Å². The number of hydrogen-bond donors (Lipinski definition) is 1. The highest BCUT2D eigenvalue weighted by Crippen LogP contribution is 2.47. The summed E-state index contributed by atoms with van der Waals surface area (Å²) >= 11 is 6.40. The average Bonchev–Trinajstić information content (AvgIpc) is 3.13. The van der Waals surface area contributed by atoms with Crippen molar-refractivity contribution < 1.29 is 27.4 Å².